The standard InChI is InChI=1S/C7H8ClFN2/c1-2-3-6-10-4-5(9)7(8)11-6/h4H,2-3H2,1H3/i1D3,2D2,3D2. The fourth-order valence-corrected chi connectivity index (χ4v) is 0.591. The molecule has 0 aliphatic heterocycles. The first-order valence-corrected chi connectivity index (χ1v) is 2.97. The number of aryl methyl sites for hydroxylation is 1. The lowest BCUT2D eigenvalue weighted by molar-refractivity contribution is 0.608. The smallest absolute Gasteiger partial charge is 0.178 e. The van der Waals surface area contributed by atoms with E-state index >= 15 is 0 Å². The number of hydrogen-bond donors (Lipinski definition) is 0. The normalized spacial score (nSPS) is 23.3. The van der Waals surface area contributed by atoms with Crippen LogP contribution in [0.4, 0.5) is 4.39 Å². The highest BCUT2D eigenvalue weighted by Crippen LogP contribution is 2.09. The van der Waals surface area contributed by atoms with E-state index in [1.807, 2.05) is 0 Å². The Morgan fingerprint density at radius 1 is 1.91 bits per heavy atom. The molecular formula is C7H8ClFN2. The molecule has 1 rings (SSSR count). The summed E-state index contributed by atoms with van der Waals surface area (Å²) in [4.78, 5) is 6.49. The molecule has 1 heterocycles. The second kappa shape index (κ2) is 3.62. The third kappa shape index (κ3) is 2.12. The Labute approximate surface area is 79.3 Å². The molecule has 2 nitrogen and oxygen atoms in total. The molecule has 0 aromatic carbocycles. The van der Waals surface area contributed by atoms with Gasteiger partial charge in [0.25, 0.3) is 0 Å². The van der Waals surface area contributed by atoms with Crippen LogP contribution in [-0.2, 0) is 6.37 Å². The lowest BCUT2D eigenvalue weighted by atomic mass is 10.3. The number of halogens is 2. The van der Waals surface area contributed by atoms with Crippen molar-refractivity contribution in [3.8, 4) is 0 Å². The molecule has 0 saturated heterocycles. The van der Waals surface area contributed by atoms with E-state index in [0.29, 0.717) is 6.20 Å². The lowest BCUT2D eigenvalue weighted by Gasteiger charge is -1.96. The second-order valence-corrected chi connectivity index (χ2v) is 1.94. The van der Waals surface area contributed by atoms with Crippen molar-refractivity contribution in [1.29, 1.82) is 0 Å². The van der Waals surface area contributed by atoms with Crippen LogP contribution < -0.4 is 0 Å². The van der Waals surface area contributed by atoms with E-state index in [2.05, 4.69) is 9.97 Å². The van der Waals surface area contributed by atoms with Crippen LogP contribution >= 0.6 is 11.6 Å². The third-order valence-corrected chi connectivity index (χ3v) is 1.14. The molecule has 0 atom stereocenters. The zero-order valence-electron chi connectivity index (χ0n) is 12.2. The molecule has 60 valence electrons. The maximum Gasteiger partial charge on any atom is 0.178 e. The summed E-state index contributed by atoms with van der Waals surface area (Å²) in [5.41, 5.74) is 0. The summed E-state index contributed by atoms with van der Waals surface area (Å²) >= 11 is 5.33. The van der Waals surface area contributed by atoms with Gasteiger partial charge in [0, 0.05) is 16.0 Å². The van der Waals surface area contributed by atoms with Crippen molar-refractivity contribution in [2.24, 2.45) is 0 Å². The van der Waals surface area contributed by atoms with Crippen molar-refractivity contribution in [2.45, 2.75) is 19.6 Å². The average molecular weight is 182 g/mol. The predicted octanol–water partition coefficient (Wildman–Crippen LogP) is 2.22. The molecule has 0 spiro atoms. The lowest BCUT2D eigenvalue weighted by Crippen LogP contribution is -1.95. The van der Waals surface area contributed by atoms with Gasteiger partial charge < -0.3 is 0 Å². The largest absolute Gasteiger partial charge is 0.238 e. The third-order valence-electron chi connectivity index (χ3n) is 0.876. The second-order valence-electron chi connectivity index (χ2n) is 1.58. The molecule has 0 fully saturated rings. The van der Waals surface area contributed by atoms with Crippen molar-refractivity contribution in [3.63, 3.8) is 0 Å². The molecule has 0 saturated carbocycles. The minimum atomic E-state index is -3.25. The minimum absolute atomic E-state index is 0.554. The Balaban J connectivity index is 3.33. The first-order chi connectivity index (χ1) is 7.91. The first-order valence-electron chi connectivity index (χ1n) is 6.10. The van der Waals surface area contributed by atoms with E-state index in [4.69, 9.17) is 21.2 Å². The number of hydrogen-bond acceptors (Lipinski definition) is 2. The van der Waals surface area contributed by atoms with E-state index < -0.39 is 36.4 Å². The van der Waals surface area contributed by atoms with Gasteiger partial charge in [0.15, 0.2) is 11.0 Å². The molecule has 11 heavy (non-hydrogen) atoms. The van der Waals surface area contributed by atoms with Crippen molar-refractivity contribution < 1.29 is 14.0 Å². The molecular weight excluding hydrogens is 167 g/mol. The predicted molar refractivity (Wildman–Crippen MR) is 41.0 cm³/mol. The summed E-state index contributed by atoms with van der Waals surface area (Å²) in [6.07, 6.45) is -5.74. The summed E-state index contributed by atoms with van der Waals surface area (Å²) < 4.78 is 63.6. The van der Waals surface area contributed by atoms with Crippen LogP contribution in [0.1, 0.15) is 28.6 Å². The zero-order valence-corrected chi connectivity index (χ0v) is 5.98. The Bertz CT molecular complexity index is 462. The number of rotatable bonds is 2. The fraction of sp³-hybridized carbons (Fsp3) is 0.429. The van der Waals surface area contributed by atoms with Crippen molar-refractivity contribution in [3.05, 3.63) is 23.0 Å². The van der Waals surface area contributed by atoms with Crippen LogP contribution in [0.5, 0.6) is 0 Å². The highest BCUT2D eigenvalue weighted by atomic mass is 35.5. The quantitative estimate of drug-likeness (QED) is 0.654. The number of aromatic nitrogens is 2. The van der Waals surface area contributed by atoms with Gasteiger partial charge in [-0.25, -0.2) is 14.4 Å². The van der Waals surface area contributed by atoms with Gasteiger partial charge in [-0.05, 0) is 6.37 Å². The highest BCUT2D eigenvalue weighted by molar-refractivity contribution is 6.29. The van der Waals surface area contributed by atoms with Crippen LogP contribution in [0.15, 0.2) is 6.20 Å². The Morgan fingerprint density at radius 3 is 3.36 bits per heavy atom. The van der Waals surface area contributed by atoms with Crippen LogP contribution in [0.25, 0.3) is 0 Å². The fourth-order valence-electron chi connectivity index (χ4n) is 0.462. The number of nitrogens with zero attached hydrogens (tertiary/aromatic N) is 2. The molecule has 4 heteroatoms. The Kier molecular flexibility index (Phi) is 0.980. The molecule has 1 aromatic heterocycles. The van der Waals surface area contributed by atoms with Crippen molar-refractivity contribution in [1.82, 2.24) is 9.97 Å². The molecule has 0 unspecified atom stereocenters. The van der Waals surface area contributed by atoms with Crippen molar-refractivity contribution >= 4 is 11.6 Å². The summed E-state index contributed by atoms with van der Waals surface area (Å²) in [5.74, 6) is -1.83. The highest BCUT2D eigenvalue weighted by Gasteiger charge is 2.02. The van der Waals surface area contributed by atoms with Crippen LogP contribution in [-0.4, -0.2) is 9.97 Å². The molecule has 0 N–H and O–H groups in total. The topological polar surface area (TPSA) is 25.8 Å². The van der Waals surface area contributed by atoms with Gasteiger partial charge in [-0.3, -0.25) is 0 Å². The van der Waals surface area contributed by atoms with Crippen molar-refractivity contribution in [2.75, 3.05) is 0 Å². The van der Waals surface area contributed by atoms with E-state index in [1.54, 1.807) is 0 Å². The molecule has 0 radical (unpaired) electrons. The molecule has 1 aromatic rings. The molecule has 0 aliphatic rings. The van der Waals surface area contributed by atoms with E-state index in [-0.39, 0.29) is 0 Å². The van der Waals surface area contributed by atoms with Crippen LogP contribution in [0.2, 0.25) is 5.15 Å². The van der Waals surface area contributed by atoms with Gasteiger partial charge in [0.2, 0.25) is 0 Å². The van der Waals surface area contributed by atoms with Gasteiger partial charge >= 0.3 is 0 Å². The molecule has 0 aliphatic carbocycles. The van der Waals surface area contributed by atoms with Gasteiger partial charge in [0.05, 0.1) is 6.20 Å². The van der Waals surface area contributed by atoms with E-state index in [1.165, 1.54) is 0 Å². The maximum atomic E-state index is 12.8. The molecule has 0 amide bonds. The molecule has 0 bridgehead atoms. The monoisotopic (exact) mass is 181 g/mol. The summed E-state index contributed by atoms with van der Waals surface area (Å²) in [6, 6.07) is 0. The summed E-state index contributed by atoms with van der Waals surface area (Å²) in [7, 11) is 0. The van der Waals surface area contributed by atoms with Gasteiger partial charge in [-0.2, -0.15) is 0 Å². The first kappa shape index (κ1) is 2.98. The van der Waals surface area contributed by atoms with E-state index in [0.717, 1.165) is 0 Å². The van der Waals surface area contributed by atoms with Gasteiger partial charge in [-0.1, -0.05) is 18.5 Å². The average Bonchev–Trinajstić information content (AvgIpc) is 2.20. The van der Waals surface area contributed by atoms with E-state index in [9.17, 15) is 4.39 Å². The Hall–Kier alpha value is -0.700. The summed E-state index contributed by atoms with van der Waals surface area (Å²) in [6.45, 7) is -3.24. The minimum Gasteiger partial charge on any atom is -0.238 e. The van der Waals surface area contributed by atoms with Gasteiger partial charge in [-0.15, -0.1) is 0 Å². The Morgan fingerprint density at radius 2 is 2.73 bits per heavy atom. The van der Waals surface area contributed by atoms with Crippen LogP contribution in [0.3, 0.4) is 0 Å². The van der Waals surface area contributed by atoms with Crippen LogP contribution in [0, 0.1) is 5.82 Å². The maximum absolute atomic E-state index is 12.8. The SMILES string of the molecule is [2H]C([2H])([2H])C([2H])([2H])C([2H])([2H])c1ncc(F)c(Cl)n1. The zero-order chi connectivity index (χ0) is 14.4. The van der Waals surface area contributed by atoms with Gasteiger partial charge in [0.1, 0.15) is 5.82 Å². The summed E-state index contributed by atoms with van der Waals surface area (Å²) in [5, 5.41) is -0.704.